The van der Waals surface area contributed by atoms with Crippen molar-refractivity contribution in [1.82, 2.24) is 9.97 Å². The number of phenols is 1. The fraction of sp³-hybridized carbons (Fsp3) is 0.167. The topological polar surface area (TPSA) is 87.1 Å². The summed E-state index contributed by atoms with van der Waals surface area (Å²) in [6.45, 7) is 5.69. The van der Waals surface area contributed by atoms with Crippen LogP contribution in [0.25, 0.3) is 11.0 Å². The van der Waals surface area contributed by atoms with Gasteiger partial charge in [-0.15, -0.1) is 0 Å². The number of carbonyl (C=O) groups is 1. The van der Waals surface area contributed by atoms with Crippen LogP contribution in [0.15, 0.2) is 36.4 Å². The van der Waals surface area contributed by atoms with Crippen LogP contribution in [-0.2, 0) is 0 Å². The van der Waals surface area contributed by atoms with Crippen LogP contribution in [0.3, 0.4) is 0 Å². The third-order valence-corrected chi connectivity index (χ3v) is 3.73. The predicted octanol–water partition coefficient (Wildman–Crippen LogP) is 3.90. The van der Waals surface area contributed by atoms with E-state index in [0.717, 1.165) is 22.5 Å². The molecule has 2 aromatic carbocycles. The molecular weight excluding hydrogens is 304 g/mol. The van der Waals surface area contributed by atoms with Crippen molar-refractivity contribution in [3.05, 3.63) is 53.3 Å². The molecule has 3 rings (SSSR count). The van der Waals surface area contributed by atoms with Crippen LogP contribution in [0.1, 0.15) is 17.0 Å². The van der Waals surface area contributed by atoms with Gasteiger partial charge in [0, 0.05) is 5.69 Å². The molecule has 0 aliphatic carbocycles. The summed E-state index contributed by atoms with van der Waals surface area (Å²) in [5, 5.41) is 15.2. The summed E-state index contributed by atoms with van der Waals surface area (Å²) in [6, 6.07) is 9.92. The Morgan fingerprint density at radius 2 is 1.62 bits per heavy atom. The summed E-state index contributed by atoms with van der Waals surface area (Å²) in [6.07, 6.45) is 0. The van der Waals surface area contributed by atoms with Crippen LogP contribution in [-0.4, -0.2) is 21.1 Å². The molecular formula is C18H18N4O2. The molecule has 1 aromatic heterocycles. The van der Waals surface area contributed by atoms with Gasteiger partial charge in [0.1, 0.15) is 5.75 Å². The van der Waals surface area contributed by atoms with E-state index in [1.54, 1.807) is 30.3 Å². The maximum Gasteiger partial charge on any atom is 0.323 e. The Bertz CT molecular complexity index is 938. The molecule has 0 aliphatic heterocycles. The molecule has 0 fully saturated rings. The van der Waals surface area contributed by atoms with E-state index in [2.05, 4.69) is 20.6 Å². The zero-order valence-electron chi connectivity index (χ0n) is 13.7. The molecule has 0 spiro atoms. The Labute approximate surface area is 139 Å². The number of nitrogens with one attached hydrogen (secondary N) is 2. The minimum atomic E-state index is -0.438. The number of fused-ring (bicyclic) bond motifs is 1. The zero-order chi connectivity index (χ0) is 17.3. The maximum absolute atomic E-state index is 12.1. The summed E-state index contributed by atoms with van der Waals surface area (Å²) >= 11 is 0. The van der Waals surface area contributed by atoms with Gasteiger partial charge in [-0.05, 0) is 56.7 Å². The van der Waals surface area contributed by atoms with Gasteiger partial charge in [0.25, 0.3) is 0 Å². The molecule has 0 saturated carbocycles. The molecule has 0 bridgehead atoms. The van der Waals surface area contributed by atoms with Crippen molar-refractivity contribution in [2.45, 2.75) is 20.8 Å². The van der Waals surface area contributed by atoms with Gasteiger partial charge in [-0.1, -0.05) is 6.07 Å². The molecule has 6 heteroatoms. The Balaban J connectivity index is 1.80. The van der Waals surface area contributed by atoms with Crippen molar-refractivity contribution in [2.75, 3.05) is 10.6 Å². The Hall–Kier alpha value is -3.15. The molecule has 0 unspecified atom stereocenters. The van der Waals surface area contributed by atoms with Crippen LogP contribution in [0.4, 0.5) is 16.2 Å². The lowest BCUT2D eigenvalue weighted by atomic mass is 10.2. The lowest BCUT2D eigenvalue weighted by Gasteiger charge is -2.10. The summed E-state index contributed by atoms with van der Waals surface area (Å²) in [7, 11) is 0. The minimum Gasteiger partial charge on any atom is -0.506 e. The van der Waals surface area contributed by atoms with Gasteiger partial charge < -0.3 is 15.7 Å². The smallest absolute Gasteiger partial charge is 0.323 e. The number of rotatable bonds is 2. The first-order valence-corrected chi connectivity index (χ1v) is 7.55. The van der Waals surface area contributed by atoms with E-state index in [-0.39, 0.29) is 5.75 Å². The van der Waals surface area contributed by atoms with E-state index < -0.39 is 6.03 Å². The number of hydrogen-bond acceptors (Lipinski definition) is 4. The lowest BCUT2D eigenvalue weighted by molar-refractivity contribution is 0.262. The lowest BCUT2D eigenvalue weighted by Crippen LogP contribution is -2.19. The number of aromatic nitrogens is 2. The highest BCUT2D eigenvalue weighted by molar-refractivity contribution is 6.01. The third kappa shape index (κ3) is 3.27. The number of amides is 2. The molecule has 3 N–H and O–H groups in total. The Kier molecular flexibility index (Phi) is 4.04. The summed E-state index contributed by atoms with van der Waals surface area (Å²) in [5.41, 5.74) is 5.14. The summed E-state index contributed by atoms with van der Waals surface area (Å²) in [4.78, 5) is 21.1. The molecule has 24 heavy (non-hydrogen) atoms. The molecule has 2 amide bonds. The van der Waals surface area contributed by atoms with Crippen molar-refractivity contribution >= 4 is 28.4 Å². The molecule has 122 valence electrons. The number of benzene rings is 2. The second-order valence-corrected chi connectivity index (χ2v) is 5.70. The maximum atomic E-state index is 12.1. The van der Waals surface area contributed by atoms with Crippen LogP contribution < -0.4 is 10.6 Å². The second kappa shape index (κ2) is 6.16. The van der Waals surface area contributed by atoms with E-state index in [1.807, 2.05) is 26.8 Å². The van der Waals surface area contributed by atoms with Gasteiger partial charge in [-0.2, -0.15) is 0 Å². The first-order valence-electron chi connectivity index (χ1n) is 7.55. The van der Waals surface area contributed by atoms with Gasteiger partial charge in [0.05, 0.1) is 28.1 Å². The number of phenolic OH excluding ortho intramolecular Hbond substituents is 1. The van der Waals surface area contributed by atoms with Crippen LogP contribution in [0.2, 0.25) is 0 Å². The predicted molar refractivity (Wildman–Crippen MR) is 94.5 cm³/mol. The average molecular weight is 322 g/mol. The highest BCUT2D eigenvalue weighted by Gasteiger charge is 2.08. The van der Waals surface area contributed by atoms with E-state index in [9.17, 15) is 9.90 Å². The van der Waals surface area contributed by atoms with Crippen molar-refractivity contribution in [3.63, 3.8) is 0 Å². The quantitative estimate of drug-likeness (QED) is 0.624. The largest absolute Gasteiger partial charge is 0.506 e. The Morgan fingerprint density at radius 1 is 0.917 bits per heavy atom. The molecule has 6 nitrogen and oxygen atoms in total. The van der Waals surface area contributed by atoms with Crippen molar-refractivity contribution < 1.29 is 9.90 Å². The number of nitrogens with zero attached hydrogens (tertiary/aromatic N) is 2. The average Bonchev–Trinajstić information content (AvgIpc) is 2.52. The van der Waals surface area contributed by atoms with Crippen molar-refractivity contribution in [2.24, 2.45) is 0 Å². The highest BCUT2D eigenvalue weighted by Crippen LogP contribution is 2.24. The van der Waals surface area contributed by atoms with E-state index in [1.165, 1.54) is 0 Å². The number of aryl methyl sites for hydroxylation is 3. The number of hydrogen-bond donors (Lipinski definition) is 3. The number of carbonyl (C=O) groups excluding carboxylic acids is 1. The zero-order valence-corrected chi connectivity index (χ0v) is 13.7. The minimum absolute atomic E-state index is 0.0197. The first-order chi connectivity index (χ1) is 11.4. The molecule has 3 aromatic rings. The standard InChI is InChI=1S/C18H18N4O2/c1-10-4-7-17(23)16(8-10)22-18(24)21-13-5-6-14-15(9-13)20-12(3)11(2)19-14/h4-9,23H,1-3H3,(H2,21,22,24). The van der Waals surface area contributed by atoms with E-state index in [0.29, 0.717) is 16.9 Å². The Morgan fingerprint density at radius 3 is 2.38 bits per heavy atom. The number of urea groups is 1. The fourth-order valence-electron chi connectivity index (χ4n) is 2.34. The van der Waals surface area contributed by atoms with Gasteiger partial charge in [-0.25, -0.2) is 14.8 Å². The first kappa shape index (κ1) is 15.7. The van der Waals surface area contributed by atoms with Crippen LogP contribution >= 0.6 is 0 Å². The van der Waals surface area contributed by atoms with Crippen molar-refractivity contribution in [3.8, 4) is 5.75 Å². The monoisotopic (exact) mass is 322 g/mol. The highest BCUT2D eigenvalue weighted by atomic mass is 16.3. The molecule has 0 atom stereocenters. The second-order valence-electron chi connectivity index (χ2n) is 5.70. The number of anilines is 2. The summed E-state index contributed by atoms with van der Waals surface area (Å²) < 4.78 is 0. The molecule has 1 heterocycles. The van der Waals surface area contributed by atoms with E-state index in [4.69, 9.17) is 0 Å². The normalized spacial score (nSPS) is 10.6. The van der Waals surface area contributed by atoms with E-state index >= 15 is 0 Å². The van der Waals surface area contributed by atoms with Crippen LogP contribution in [0.5, 0.6) is 5.75 Å². The molecule has 0 saturated heterocycles. The van der Waals surface area contributed by atoms with Gasteiger partial charge in [-0.3, -0.25) is 0 Å². The summed E-state index contributed by atoms with van der Waals surface area (Å²) in [5.74, 6) is 0.0197. The van der Waals surface area contributed by atoms with Crippen molar-refractivity contribution in [1.29, 1.82) is 0 Å². The third-order valence-electron chi connectivity index (χ3n) is 3.73. The van der Waals surface area contributed by atoms with Gasteiger partial charge in [0.15, 0.2) is 0 Å². The fourth-order valence-corrected chi connectivity index (χ4v) is 2.34. The number of aromatic hydroxyl groups is 1. The molecule has 0 radical (unpaired) electrons. The SMILES string of the molecule is Cc1ccc(O)c(NC(=O)Nc2ccc3nc(C)c(C)nc3c2)c1. The van der Waals surface area contributed by atoms with Crippen LogP contribution in [0, 0.1) is 20.8 Å². The van der Waals surface area contributed by atoms with Gasteiger partial charge in [0.2, 0.25) is 0 Å². The van der Waals surface area contributed by atoms with Gasteiger partial charge >= 0.3 is 6.03 Å². The molecule has 0 aliphatic rings.